The summed E-state index contributed by atoms with van der Waals surface area (Å²) in [6.45, 7) is 3.49. The van der Waals surface area contributed by atoms with Gasteiger partial charge in [-0.2, -0.15) is 0 Å². The molecule has 5 nitrogen and oxygen atoms in total. The number of aromatic hydroxyl groups is 1. The zero-order valence-corrected chi connectivity index (χ0v) is 9.14. The fourth-order valence-corrected chi connectivity index (χ4v) is 1.26. The number of phenols is 1. The first-order valence-corrected chi connectivity index (χ1v) is 5.02. The van der Waals surface area contributed by atoms with Crippen molar-refractivity contribution in [2.24, 2.45) is 0 Å². The van der Waals surface area contributed by atoms with Crippen LogP contribution in [-0.2, 0) is 4.79 Å². The molecule has 0 aliphatic heterocycles. The molecule has 90 valence electrons. The van der Waals surface area contributed by atoms with Gasteiger partial charge in [0, 0.05) is 6.42 Å². The molecule has 0 atom stereocenters. The van der Waals surface area contributed by atoms with Crippen LogP contribution >= 0.6 is 0 Å². The Morgan fingerprint density at radius 2 is 2.12 bits per heavy atom. The van der Waals surface area contributed by atoms with E-state index in [1.807, 2.05) is 0 Å². The Bertz CT molecular complexity index is 454. The minimum atomic E-state index is -1.25. The van der Waals surface area contributed by atoms with E-state index >= 15 is 0 Å². The van der Waals surface area contributed by atoms with Crippen molar-refractivity contribution in [3.05, 3.63) is 36.4 Å². The van der Waals surface area contributed by atoms with Gasteiger partial charge < -0.3 is 15.5 Å². The number of amides is 1. The monoisotopic (exact) mass is 235 g/mol. The first kappa shape index (κ1) is 12.8. The summed E-state index contributed by atoms with van der Waals surface area (Å²) in [7, 11) is 0. The lowest BCUT2D eigenvalue weighted by molar-refractivity contribution is -0.116. The average Bonchev–Trinajstić information content (AvgIpc) is 2.28. The predicted octanol–water partition coefficient (Wildman–Crippen LogP) is 2.00. The second-order valence-electron chi connectivity index (χ2n) is 3.38. The number of nitrogens with one attached hydrogen (secondary N) is 1. The first-order valence-electron chi connectivity index (χ1n) is 5.02. The summed E-state index contributed by atoms with van der Waals surface area (Å²) in [6, 6.07) is 4.15. The lowest BCUT2D eigenvalue weighted by Crippen LogP contribution is -2.11. The Hall–Kier alpha value is -2.30. The van der Waals surface area contributed by atoms with Crippen molar-refractivity contribution in [2.45, 2.75) is 12.8 Å². The Balaban J connectivity index is 2.85. The molecule has 17 heavy (non-hydrogen) atoms. The van der Waals surface area contributed by atoms with Crippen molar-refractivity contribution in [3.63, 3.8) is 0 Å². The van der Waals surface area contributed by atoms with Gasteiger partial charge in [-0.15, -0.1) is 6.58 Å². The summed E-state index contributed by atoms with van der Waals surface area (Å²) in [5, 5.41) is 20.8. The molecule has 0 radical (unpaired) electrons. The molecule has 0 saturated carbocycles. The Labute approximate surface area is 98.4 Å². The third kappa shape index (κ3) is 3.34. The zero-order valence-electron chi connectivity index (χ0n) is 9.14. The summed E-state index contributed by atoms with van der Waals surface area (Å²) in [4.78, 5) is 22.1. The van der Waals surface area contributed by atoms with Crippen molar-refractivity contribution in [3.8, 4) is 5.75 Å². The molecule has 0 spiro atoms. The molecular weight excluding hydrogens is 222 g/mol. The summed E-state index contributed by atoms with van der Waals surface area (Å²) >= 11 is 0. The maximum absolute atomic E-state index is 11.4. The van der Waals surface area contributed by atoms with Gasteiger partial charge in [0.2, 0.25) is 5.91 Å². The van der Waals surface area contributed by atoms with Gasteiger partial charge in [-0.3, -0.25) is 4.79 Å². The molecule has 1 rings (SSSR count). The van der Waals surface area contributed by atoms with Gasteiger partial charge in [-0.05, 0) is 18.6 Å². The molecule has 1 aromatic carbocycles. The molecule has 0 unspecified atom stereocenters. The fraction of sp³-hybridized carbons (Fsp3) is 0.167. The van der Waals surface area contributed by atoms with Crippen LogP contribution in [0.2, 0.25) is 0 Å². The van der Waals surface area contributed by atoms with Gasteiger partial charge in [0.05, 0.1) is 5.69 Å². The minimum absolute atomic E-state index is 0.0963. The number of carbonyl (C=O) groups is 2. The van der Waals surface area contributed by atoms with E-state index in [2.05, 4.69) is 11.9 Å². The molecule has 0 saturated heterocycles. The van der Waals surface area contributed by atoms with Gasteiger partial charge in [-0.1, -0.05) is 12.1 Å². The Kier molecular flexibility index (Phi) is 4.28. The van der Waals surface area contributed by atoms with Crippen LogP contribution in [0.1, 0.15) is 23.2 Å². The second kappa shape index (κ2) is 5.69. The number of para-hydroxylation sites is 1. The molecule has 0 fully saturated rings. The van der Waals surface area contributed by atoms with Crippen LogP contribution in [0.25, 0.3) is 0 Å². The smallest absolute Gasteiger partial charge is 0.339 e. The van der Waals surface area contributed by atoms with Crippen LogP contribution in [0.4, 0.5) is 5.69 Å². The topological polar surface area (TPSA) is 86.6 Å². The van der Waals surface area contributed by atoms with E-state index in [-0.39, 0.29) is 23.6 Å². The minimum Gasteiger partial charge on any atom is -0.505 e. The molecule has 0 aliphatic rings. The second-order valence-corrected chi connectivity index (χ2v) is 3.38. The number of hydrogen-bond acceptors (Lipinski definition) is 3. The van der Waals surface area contributed by atoms with Crippen LogP contribution in [-0.4, -0.2) is 22.1 Å². The van der Waals surface area contributed by atoms with E-state index in [4.69, 9.17) is 5.11 Å². The van der Waals surface area contributed by atoms with E-state index in [1.54, 1.807) is 6.08 Å². The molecule has 0 heterocycles. The highest BCUT2D eigenvalue weighted by Crippen LogP contribution is 2.27. The number of hydrogen-bond donors (Lipinski definition) is 3. The van der Waals surface area contributed by atoms with E-state index < -0.39 is 11.7 Å². The summed E-state index contributed by atoms with van der Waals surface area (Å²) in [5.41, 5.74) is -0.148. The lowest BCUT2D eigenvalue weighted by Gasteiger charge is -2.08. The standard InChI is InChI=1S/C12H13NO4/c1-2-3-7-10(14)13-9-6-4-5-8(11(9)15)12(16)17/h2,4-6,15H,1,3,7H2,(H,13,14)(H,16,17). The van der Waals surface area contributed by atoms with Crippen molar-refractivity contribution < 1.29 is 19.8 Å². The highest BCUT2D eigenvalue weighted by molar-refractivity contribution is 5.97. The van der Waals surface area contributed by atoms with Crippen LogP contribution in [0, 0.1) is 0 Å². The van der Waals surface area contributed by atoms with Crippen LogP contribution in [0.5, 0.6) is 5.75 Å². The highest BCUT2D eigenvalue weighted by Gasteiger charge is 2.14. The molecule has 3 N–H and O–H groups in total. The molecule has 5 heteroatoms. The molecule has 0 bridgehead atoms. The molecule has 0 aromatic heterocycles. The van der Waals surface area contributed by atoms with Gasteiger partial charge in [0.25, 0.3) is 0 Å². The number of carboxylic acids is 1. The van der Waals surface area contributed by atoms with E-state index in [0.717, 1.165) is 0 Å². The number of rotatable bonds is 5. The van der Waals surface area contributed by atoms with Crippen molar-refractivity contribution in [2.75, 3.05) is 5.32 Å². The van der Waals surface area contributed by atoms with E-state index in [9.17, 15) is 14.7 Å². The first-order chi connectivity index (χ1) is 8.06. The number of anilines is 1. The third-order valence-electron chi connectivity index (χ3n) is 2.12. The SMILES string of the molecule is C=CCCC(=O)Nc1cccc(C(=O)O)c1O. The molecule has 1 aromatic rings. The van der Waals surface area contributed by atoms with E-state index in [0.29, 0.717) is 6.42 Å². The number of carboxylic acid groups (broad SMARTS) is 1. The quantitative estimate of drug-likeness (QED) is 0.538. The average molecular weight is 235 g/mol. The van der Waals surface area contributed by atoms with Crippen LogP contribution in [0.15, 0.2) is 30.9 Å². The predicted molar refractivity (Wildman–Crippen MR) is 63.1 cm³/mol. The third-order valence-corrected chi connectivity index (χ3v) is 2.12. The Morgan fingerprint density at radius 1 is 1.41 bits per heavy atom. The zero-order chi connectivity index (χ0) is 12.8. The number of benzene rings is 1. The van der Waals surface area contributed by atoms with Gasteiger partial charge >= 0.3 is 5.97 Å². The van der Waals surface area contributed by atoms with Crippen LogP contribution < -0.4 is 5.32 Å². The molecular formula is C12H13NO4. The summed E-state index contributed by atoms with van der Waals surface area (Å²) < 4.78 is 0. The maximum Gasteiger partial charge on any atom is 0.339 e. The number of carbonyl (C=O) groups excluding carboxylic acids is 1. The van der Waals surface area contributed by atoms with Crippen LogP contribution in [0.3, 0.4) is 0 Å². The van der Waals surface area contributed by atoms with Crippen molar-refractivity contribution in [1.29, 1.82) is 0 Å². The fourth-order valence-electron chi connectivity index (χ4n) is 1.26. The Morgan fingerprint density at radius 3 is 2.71 bits per heavy atom. The van der Waals surface area contributed by atoms with Crippen molar-refractivity contribution in [1.82, 2.24) is 0 Å². The van der Waals surface area contributed by atoms with Gasteiger partial charge in [0.1, 0.15) is 5.56 Å². The van der Waals surface area contributed by atoms with Gasteiger partial charge in [-0.25, -0.2) is 4.79 Å². The highest BCUT2D eigenvalue weighted by atomic mass is 16.4. The summed E-state index contributed by atoms with van der Waals surface area (Å²) in [5.74, 6) is -1.99. The van der Waals surface area contributed by atoms with Gasteiger partial charge in [0.15, 0.2) is 5.75 Å². The number of allylic oxidation sites excluding steroid dienone is 1. The molecule has 0 aliphatic carbocycles. The lowest BCUT2D eigenvalue weighted by atomic mass is 10.1. The number of aromatic carboxylic acids is 1. The normalized spacial score (nSPS) is 9.65. The molecule has 1 amide bonds. The van der Waals surface area contributed by atoms with Crippen molar-refractivity contribution >= 4 is 17.6 Å². The summed E-state index contributed by atoms with van der Waals surface area (Å²) in [6.07, 6.45) is 2.36. The largest absolute Gasteiger partial charge is 0.505 e. The van der Waals surface area contributed by atoms with E-state index in [1.165, 1.54) is 18.2 Å². The maximum atomic E-state index is 11.4.